The standard InChI is InChI=1S/C7H12ClN3O/c1-11-4-10-7(8)6(11)5(12)2-3-9/h4-5,12H,2-3,9H2,1H3/t5-/m0/s1. The second-order valence-electron chi connectivity index (χ2n) is 2.62. The van der Waals surface area contributed by atoms with Crippen LogP contribution >= 0.6 is 11.6 Å². The molecule has 1 aromatic heterocycles. The van der Waals surface area contributed by atoms with Gasteiger partial charge >= 0.3 is 0 Å². The average Bonchev–Trinajstić information content (AvgIpc) is 2.32. The van der Waals surface area contributed by atoms with E-state index >= 15 is 0 Å². The second kappa shape index (κ2) is 3.89. The van der Waals surface area contributed by atoms with Crippen molar-refractivity contribution in [3.63, 3.8) is 0 Å². The Labute approximate surface area is 76.0 Å². The Kier molecular flexibility index (Phi) is 3.08. The van der Waals surface area contributed by atoms with E-state index in [0.717, 1.165) is 0 Å². The minimum atomic E-state index is -0.616. The molecule has 0 amide bonds. The number of nitrogens with two attached hydrogens (primary N) is 1. The molecule has 0 saturated carbocycles. The number of hydrogen-bond acceptors (Lipinski definition) is 3. The predicted molar refractivity (Wildman–Crippen MR) is 46.8 cm³/mol. The Balaban J connectivity index is 2.85. The van der Waals surface area contributed by atoms with Crippen molar-refractivity contribution in [2.75, 3.05) is 6.54 Å². The number of imidazole rings is 1. The molecule has 1 atom stereocenters. The van der Waals surface area contributed by atoms with Crippen molar-refractivity contribution in [3.8, 4) is 0 Å². The molecule has 0 aliphatic heterocycles. The number of halogens is 1. The molecular formula is C7H12ClN3O. The van der Waals surface area contributed by atoms with Crippen molar-refractivity contribution in [2.24, 2.45) is 12.8 Å². The predicted octanol–water partition coefficient (Wildman–Crippen LogP) is 0.456. The van der Waals surface area contributed by atoms with E-state index in [1.54, 1.807) is 17.9 Å². The summed E-state index contributed by atoms with van der Waals surface area (Å²) < 4.78 is 1.70. The summed E-state index contributed by atoms with van der Waals surface area (Å²) >= 11 is 5.74. The summed E-state index contributed by atoms with van der Waals surface area (Å²) in [6.45, 7) is 0.433. The lowest BCUT2D eigenvalue weighted by molar-refractivity contribution is 0.162. The van der Waals surface area contributed by atoms with E-state index in [4.69, 9.17) is 17.3 Å². The molecule has 5 heteroatoms. The van der Waals surface area contributed by atoms with Crippen molar-refractivity contribution in [2.45, 2.75) is 12.5 Å². The minimum absolute atomic E-state index is 0.346. The van der Waals surface area contributed by atoms with E-state index in [0.29, 0.717) is 23.8 Å². The Morgan fingerprint density at radius 1 is 1.83 bits per heavy atom. The molecular weight excluding hydrogens is 178 g/mol. The number of aromatic nitrogens is 2. The molecule has 0 spiro atoms. The highest BCUT2D eigenvalue weighted by Crippen LogP contribution is 2.22. The van der Waals surface area contributed by atoms with Gasteiger partial charge in [0.1, 0.15) is 0 Å². The molecule has 3 N–H and O–H groups in total. The third-order valence-electron chi connectivity index (χ3n) is 1.69. The van der Waals surface area contributed by atoms with Gasteiger partial charge in [-0.2, -0.15) is 0 Å². The fourth-order valence-electron chi connectivity index (χ4n) is 1.08. The normalized spacial score (nSPS) is 13.3. The first-order chi connectivity index (χ1) is 5.66. The SMILES string of the molecule is Cn1cnc(Cl)c1[C@@H](O)CCN. The van der Waals surface area contributed by atoms with Crippen molar-refractivity contribution in [1.82, 2.24) is 9.55 Å². The van der Waals surface area contributed by atoms with Gasteiger partial charge in [-0.15, -0.1) is 0 Å². The second-order valence-corrected chi connectivity index (χ2v) is 2.98. The first-order valence-corrected chi connectivity index (χ1v) is 4.09. The molecule has 0 aromatic carbocycles. The summed E-state index contributed by atoms with van der Waals surface area (Å²) in [5.41, 5.74) is 5.93. The van der Waals surface area contributed by atoms with Gasteiger partial charge in [0, 0.05) is 7.05 Å². The number of aliphatic hydroxyl groups excluding tert-OH is 1. The Morgan fingerprint density at radius 2 is 2.50 bits per heavy atom. The highest BCUT2D eigenvalue weighted by molar-refractivity contribution is 6.30. The number of nitrogens with zero attached hydrogens (tertiary/aromatic N) is 2. The largest absolute Gasteiger partial charge is 0.387 e. The lowest BCUT2D eigenvalue weighted by Crippen LogP contribution is -2.10. The van der Waals surface area contributed by atoms with Crippen LogP contribution in [0.15, 0.2) is 6.33 Å². The first-order valence-electron chi connectivity index (χ1n) is 3.71. The molecule has 1 aromatic rings. The molecule has 68 valence electrons. The van der Waals surface area contributed by atoms with Crippen LogP contribution in [0.25, 0.3) is 0 Å². The van der Waals surface area contributed by atoms with Crippen molar-refractivity contribution in [3.05, 3.63) is 17.2 Å². The van der Waals surface area contributed by atoms with Crippen LogP contribution in [0.5, 0.6) is 0 Å². The van der Waals surface area contributed by atoms with Crippen LogP contribution in [0.4, 0.5) is 0 Å². The highest BCUT2D eigenvalue weighted by atomic mass is 35.5. The molecule has 4 nitrogen and oxygen atoms in total. The topological polar surface area (TPSA) is 64.1 Å². The van der Waals surface area contributed by atoms with Gasteiger partial charge in [0.2, 0.25) is 0 Å². The zero-order chi connectivity index (χ0) is 9.14. The Bertz CT molecular complexity index is 242. The van der Waals surface area contributed by atoms with Gasteiger partial charge in [-0.3, -0.25) is 0 Å². The van der Waals surface area contributed by atoms with E-state index in [-0.39, 0.29) is 0 Å². The molecule has 0 saturated heterocycles. The summed E-state index contributed by atoms with van der Waals surface area (Å²) in [5.74, 6) is 0. The van der Waals surface area contributed by atoms with Gasteiger partial charge in [0.25, 0.3) is 0 Å². The maximum atomic E-state index is 9.55. The zero-order valence-electron chi connectivity index (χ0n) is 6.87. The summed E-state index contributed by atoms with van der Waals surface area (Å²) in [4.78, 5) is 3.85. The van der Waals surface area contributed by atoms with Crippen LogP contribution in [-0.2, 0) is 7.05 Å². The molecule has 0 radical (unpaired) electrons. The van der Waals surface area contributed by atoms with Crippen LogP contribution in [-0.4, -0.2) is 21.2 Å². The monoisotopic (exact) mass is 189 g/mol. The third kappa shape index (κ3) is 1.77. The average molecular weight is 190 g/mol. The van der Waals surface area contributed by atoms with Gasteiger partial charge in [-0.25, -0.2) is 4.98 Å². The minimum Gasteiger partial charge on any atom is -0.387 e. The quantitative estimate of drug-likeness (QED) is 0.726. The molecule has 0 aliphatic rings. The molecule has 12 heavy (non-hydrogen) atoms. The van der Waals surface area contributed by atoms with Crippen molar-refractivity contribution < 1.29 is 5.11 Å². The fourth-order valence-corrected chi connectivity index (χ4v) is 1.38. The maximum absolute atomic E-state index is 9.55. The molecule has 0 fully saturated rings. The van der Waals surface area contributed by atoms with Crippen LogP contribution < -0.4 is 5.73 Å². The van der Waals surface area contributed by atoms with Crippen LogP contribution in [0.1, 0.15) is 18.2 Å². The molecule has 1 rings (SSSR count). The number of aliphatic hydroxyl groups is 1. The molecule has 0 unspecified atom stereocenters. The zero-order valence-corrected chi connectivity index (χ0v) is 7.62. The van der Waals surface area contributed by atoms with Crippen LogP contribution in [0.2, 0.25) is 5.15 Å². The van der Waals surface area contributed by atoms with Gasteiger partial charge < -0.3 is 15.4 Å². The fraction of sp³-hybridized carbons (Fsp3) is 0.571. The lowest BCUT2D eigenvalue weighted by Gasteiger charge is -2.09. The first kappa shape index (κ1) is 9.51. The third-order valence-corrected chi connectivity index (χ3v) is 1.98. The smallest absolute Gasteiger partial charge is 0.152 e. The van der Waals surface area contributed by atoms with E-state index in [1.165, 1.54) is 0 Å². The van der Waals surface area contributed by atoms with Gasteiger partial charge in [-0.05, 0) is 13.0 Å². The highest BCUT2D eigenvalue weighted by Gasteiger charge is 2.15. The summed E-state index contributed by atoms with van der Waals surface area (Å²) in [5, 5.41) is 9.89. The number of rotatable bonds is 3. The van der Waals surface area contributed by atoms with E-state index in [1.807, 2.05) is 0 Å². The summed E-state index contributed by atoms with van der Waals surface area (Å²) in [6.07, 6.45) is 1.45. The van der Waals surface area contributed by atoms with Gasteiger partial charge in [-0.1, -0.05) is 11.6 Å². The summed E-state index contributed by atoms with van der Waals surface area (Å²) in [6, 6.07) is 0. The summed E-state index contributed by atoms with van der Waals surface area (Å²) in [7, 11) is 1.79. The van der Waals surface area contributed by atoms with E-state index in [9.17, 15) is 5.11 Å². The van der Waals surface area contributed by atoms with Crippen LogP contribution in [0.3, 0.4) is 0 Å². The van der Waals surface area contributed by atoms with Crippen LogP contribution in [0, 0.1) is 0 Å². The Morgan fingerprint density at radius 3 is 2.92 bits per heavy atom. The van der Waals surface area contributed by atoms with E-state index < -0.39 is 6.10 Å². The lowest BCUT2D eigenvalue weighted by atomic mass is 10.2. The van der Waals surface area contributed by atoms with Gasteiger partial charge in [0.15, 0.2) is 5.15 Å². The number of aryl methyl sites for hydroxylation is 1. The molecule has 0 aliphatic carbocycles. The van der Waals surface area contributed by atoms with Crippen molar-refractivity contribution >= 4 is 11.6 Å². The molecule has 0 bridgehead atoms. The Hall–Kier alpha value is -0.580. The number of hydrogen-bond donors (Lipinski definition) is 2. The van der Waals surface area contributed by atoms with Gasteiger partial charge in [0.05, 0.1) is 18.1 Å². The molecule has 1 heterocycles. The van der Waals surface area contributed by atoms with E-state index in [2.05, 4.69) is 4.98 Å². The maximum Gasteiger partial charge on any atom is 0.152 e. The van der Waals surface area contributed by atoms with Crippen molar-refractivity contribution in [1.29, 1.82) is 0 Å².